The van der Waals surface area contributed by atoms with E-state index in [4.69, 9.17) is 4.74 Å². The third-order valence-corrected chi connectivity index (χ3v) is 3.91. The summed E-state index contributed by atoms with van der Waals surface area (Å²) < 4.78 is 5.24. The zero-order valence-corrected chi connectivity index (χ0v) is 11.2. The molecule has 0 saturated heterocycles. The quantitative estimate of drug-likeness (QED) is 0.726. The minimum absolute atomic E-state index is 0.220. The first kappa shape index (κ1) is 13.1. The lowest BCUT2D eigenvalue weighted by Crippen LogP contribution is -2.09. The Morgan fingerprint density at radius 3 is 2.67 bits per heavy atom. The van der Waals surface area contributed by atoms with Gasteiger partial charge in [0.2, 0.25) is 0 Å². The van der Waals surface area contributed by atoms with Crippen LogP contribution in [0.25, 0.3) is 0 Å². The lowest BCUT2D eigenvalue weighted by Gasteiger charge is -2.21. The SMILES string of the molecule is COc1ccccc1C(=O)CCC1CCCCC1. The van der Waals surface area contributed by atoms with Crippen LogP contribution in [0, 0.1) is 5.92 Å². The summed E-state index contributed by atoms with van der Waals surface area (Å²) in [6, 6.07) is 7.52. The van der Waals surface area contributed by atoms with Crippen molar-refractivity contribution < 1.29 is 9.53 Å². The molecule has 0 heterocycles. The smallest absolute Gasteiger partial charge is 0.166 e. The summed E-state index contributed by atoms with van der Waals surface area (Å²) in [7, 11) is 1.62. The number of carbonyl (C=O) groups excluding carboxylic acids is 1. The topological polar surface area (TPSA) is 26.3 Å². The van der Waals surface area contributed by atoms with E-state index in [1.807, 2.05) is 24.3 Å². The molecule has 0 bridgehead atoms. The molecule has 98 valence electrons. The molecule has 18 heavy (non-hydrogen) atoms. The molecular weight excluding hydrogens is 224 g/mol. The molecule has 0 N–H and O–H groups in total. The molecule has 1 aromatic rings. The lowest BCUT2D eigenvalue weighted by atomic mass is 9.85. The molecule has 1 fully saturated rings. The molecule has 0 atom stereocenters. The first-order valence-electron chi connectivity index (χ1n) is 6.97. The van der Waals surface area contributed by atoms with Gasteiger partial charge >= 0.3 is 0 Å². The number of hydrogen-bond acceptors (Lipinski definition) is 2. The zero-order valence-electron chi connectivity index (χ0n) is 11.2. The number of rotatable bonds is 5. The standard InChI is InChI=1S/C16H22O2/c1-18-16-10-6-5-9-14(16)15(17)12-11-13-7-3-2-4-8-13/h5-6,9-10,13H,2-4,7-8,11-12H2,1H3. The third-order valence-electron chi connectivity index (χ3n) is 3.91. The summed E-state index contributed by atoms with van der Waals surface area (Å²) in [5.41, 5.74) is 0.732. The second-order valence-electron chi connectivity index (χ2n) is 5.17. The molecular formula is C16H22O2. The molecule has 0 unspecified atom stereocenters. The van der Waals surface area contributed by atoms with Crippen LogP contribution in [0.2, 0.25) is 0 Å². The highest BCUT2D eigenvalue weighted by Crippen LogP contribution is 2.28. The van der Waals surface area contributed by atoms with Crippen LogP contribution in [0.1, 0.15) is 55.3 Å². The Morgan fingerprint density at radius 1 is 1.22 bits per heavy atom. The van der Waals surface area contributed by atoms with E-state index < -0.39 is 0 Å². The molecule has 0 spiro atoms. The average Bonchev–Trinajstić information content (AvgIpc) is 2.45. The van der Waals surface area contributed by atoms with Gasteiger partial charge in [0.05, 0.1) is 12.7 Å². The maximum atomic E-state index is 12.2. The van der Waals surface area contributed by atoms with Gasteiger partial charge in [-0.2, -0.15) is 0 Å². The van der Waals surface area contributed by atoms with Crippen molar-refractivity contribution in [2.75, 3.05) is 7.11 Å². The van der Waals surface area contributed by atoms with Gasteiger partial charge in [-0.1, -0.05) is 44.2 Å². The van der Waals surface area contributed by atoms with Crippen molar-refractivity contribution in [3.05, 3.63) is 29.8 Å². The molecule has 1 aliphatic carbocycles. The Kier molecular flexibility index (Phi) is 4.80. The van der Waals surface area contributed by atoms with Gasteiger partial charge in [-0.15, -0.1) is 0 Å². The van der Waals surface area contributed by atoms with Gasteiger partial charge in [0, 0.05) is 6.42 Å². The Morgan fingerprint density at radius 2 is 1.94 bits per heavy atom. The van der Waals surface area contributed by atoms with Crippen molar-refractivity contribution in [2.24, 2.45) is 5.92 Å². The van der Waals surface area contributed by atoms with E-state index in [0.29, 0.717) is 12.2 Å². The largest absolute Gasteiger partial charge is 0.496 e. The summed E-state index contributed by atoms with van der Waals surface area (Å²) in [5, 5.41) is 0. The van der Waals surface area contributed by atoms with Crippen LogP contribution in [0.3, 0.4) is 0 Å². The molecule has 0 aliphatic heterocycles. The highest BCUT2D eigenvalue weighted by molar-refractivity contribution is 5.98. The van der Waals surface area contributed by atoms with Crippen LogP contribution < -0.4 is 4.74 Å². The third kappa shape index (κ3) is 3.34. The van der Waals surface area contributed by atoms with Crippen LogP contribution in [0.5, 0.6) is 5.75 Å². The number of ketones is 1. The molecule has 1 saturated carbocycles. The van der Waals surface area contributed by atoms with Crippen molar-refractivity contribution >= 4 is 5.78 Å². The van der Waals surface area contributed by atoms with Crippen LogP contribution in [0.15, 0.2) is 24.3 Å². The van der Waals surface area contributed by atoms with E-state index in [0.717, 1.165) is 17.9 Å². The van der Waals surface area contributed by atoms with E-state index in [2.05, 4.69) is 0 Å². The summed E-state index contributed by atoms with van der Waals surface area (Å²) in [4.78, 5) is 12.2. The Labute approximate surface area is 109 Å². The molecule has 2 heteroatoms. The number of hydrogen-bond donors (Lipinski definition) is 0. The second-order valence-corrected chi connectivity index (χ2v) is 5.17. The number of ether oxygens (including phenoxy) is 1. The van der Waals surface area contributed by atoms with Crippen LogP contribution in [-0.4, -0.2) is 12.9 Å². The van der Waals surface area contributed by atoms with Gasteiger partial charge in [-0.3, -0.25) is 4.79 Å². The molecule has 1 aliphatic rings. The van der Waals surface area contributed by atoms with E-state index in [1.165, 1.54) is 32.1 Å². The van der Waals surface area contributed by atoms with E-state index in [-0.39, 0.29) is 5.78 Å². The van der Waals surface area contributed by atoms with Crippen LogP contribution in [-0.2, 0) is 0 Å². The highest BCUT2D eigenvalue weighted by Gasteiger charge is 2.17. The number of methoxy groups -OCH3 is 1. The molecule has 2 nitrogen and oxygen atoms in total. The Hall–Kier alpha value is -1.31. The average molecular weight is 246 g/mol. The van der Waals surface area contributed by atoms with Crippen molar-refractivity contribution in [2.45, 2.75) is 44.9 Å². The summed E-state index contributed by atoms with van der Waals surface area (Å²) in [6.07, 6.45) is 8.36. The number of Topliss-reactive ketones (excluding diaryl/α,β-unsaturated/α-hetero) is 1. The van der Waals surface area contributed by atoms with E-state index in [9.17, 15) is 4.79 Å². The van der Waals surface area contributed by atoms with Gasteiger partial charge < -0.3 is 4.74 Å². The van der Waals surface area contributed by atoms with Gasteiger partial charge in [0.15, 0.2) is 5.78 Å². The predicted octanol–water partition coefficient (Wildman–Crippen LogP) is 4.24. The summed E-state index contributed by atoms with van der Waals surface area (Å²) >= 11 is 0. The van der Waals surface area contributed by atoms with Gasteiger partial charge in [-0.25, -0.2) is 0 Å². The maximum Gasteiger partial charge on any atom is 0.166 e. The Balaban J connectivity index is 1.90. The lowest BCUT2D eigenvalue weighted by molar-refractivity contribution is 0.0967. The Bertz CT molecular complexity index is 392. The fraction of sp³-hybridized carbons (Fsp3) is 0.562. The molecule has 1 aromatic carbocycles. The first-order chi connectivity index (χ1) is 8.81. The number of para-hydroxylation sites is 1. The van der Waals surface area contributed by atoms with Crippen LogP contribution >= 0.6 is 0 Å². The summed E-state index contributed by atoms with van der Waals surface area (Å²) in [6.45, 7) is 0. The number of carbonyl (C=O) groups is 1. The van der Waals surface area contributed by atoms with Gasteiger partial charge in [0.1, 0.15) is 5.75 Å². The van der Waals surface area contributed by atoms with Crippen LogP contribution in [0.4, 0.5) is 0 Å². The minimum atomic E-state index is 0.220. The van der Waals surface area contributed by atoms with Gasteiger partial charge in [-0.05, 0) is 24.5 Å². The summed E-state index contributed by atoms with van der Waals surface area (Å²) in [5.74, 6) is 1.68. The normalized spacial score (nSPS) is 16.5. The van der Waals surface area contributed by atoms with Crippen molar-refractivity contribution in [1.82, 2.24) is 0 Å². The fourth-order valence-electron chi connectivity index (χ4n) is 2.82. The van der Waals surface area contributed by atoms with E-state index >= 15 is 0 Å². The molecule has 0 amide bonds. The molecule has 2 rings (SSSR count). The second kappa shape index (κ2) is 6.58. The first-order valence-corrected chi connectivity index (χ1v) is 6.97. The van der Waals surface area contributed by atoms with Crippen molar-refractivity contribution in [1.29, 1.82) is 0 Å². The molecule has 0 aromatic heterocycles. The molecule has 0 radical (unpaired) electrons. The maximum absolute atomic E-state index is 12.2. The monoisotopic (exact) mass is 246 g/mol. The van der Waals surface area contributed by atoms with E-state index in [1.54, 1.807) is 7.11 Å². The number of benzene rings is 1. The zero-order chi connectivity index (χ0) is 12.8. The van der Waals surface area contributed by atoms with Gasteiger partial charge in [0.25, 0.3) is 0 Å². The van der Waals surface area contributed by atoms with Crippen molar-refractivity contribution in [3.63, 3.8) is 0 Å². The highest BCUT2D eigenvalue weighted by atomic mass is 16.5. The van der Waals surface area contributed by atoms with Crippen molar-refractivity contribution in [3.8, 4) is 5.75 Å². The fourth-order valence-corrected chi connectivity index (χ4v) is 2.82. The minimum Gasteiger partial charge on any atom is -0.496 e. The predicted molar refractivity (Wildman–Crippen MR) is 73.1 cm³/mol.